The van der Waals surface area contributed by atoms with Crippen LogP contribution in [-0.4, -0.2) is 31.5 Å². The Morgan fingerprint density at radius 2 is 2.21 bits per heavy atom. The molecule has 0 amide bonds. The number of ketones is 1. The molecule has 0 saturated carbocycles. The van der Waals surface area contributed by atoms with Crippen LogP contribution in [0.25, 0.3) is 0 Å². The van der Waals surface area contributed by atoms with Crippen LogP contribution in [0, 0.1) is 5.92 Å². The Morgan fingerprint density at radius 1 is 1.57 bits per heavy atom. The summed E-state index contributed by atoms with van der Waals surface area (Å²) in [6.07, 6.45) is -5.76. The maximum Gasteiger partial charge on any atom is 0.450 e. The van der Waals surface area contributed by atoms with Gasteiger partial charge in [0.25, 0.3) is 0 Å². The van der Waals surface area contributed by atoms with E-state index in [9.17, 15) is 18.0 Å². The summed E-state index contributed by atoms with van der Waals surface area (Å²) < 4.78 is 45.9. The molecule has 0 aromatic heterocycles. The molecule has 1 rings (SSSR count). The molecule has 0 radical (unpaired) electrons. The molecule has 1 aliphatic heterocycles. The lowest BCUT2D eigenvalue weighted by atomic mass is 10.0. The van der Waals surface area contributed by atoms with Gasteiger partial charge in [-0.1, -0.05) is 0 Å². The third-order valence-corrected chi connectivity index (χ3v) is 1.99. The molecule has 0 N–H and O–H groups in total. The topological polar surface area (TPSA) is 35.5 Å². The molecular weight excluding hydrogens is 201 g/mol. The number of carbonyl (C=O) groups excluding carboxylic acids is 1. The van der Waals surface area contributed by atoms with Crippen LogP contribution in [0.15, 0.2) is 0 Å². The highest BCUT2D eigenvalue weighted by molar-refractivity contribution is 5.86. The molecule has 0 spiro atoms. The number of halogens is 3. The zero-order valence-electron chi connectivity index (χ0n) is 7.63. The smallest absolute Gasteiger partial charge is 0.352 e. The number of ether oxygens (including phenoxy) is 2. The molecule has 0 aromatic rings. The Balaban J connectivity index is 2.62. The highest BCUT2D eigenvalue weighted by Crippen LogP contribution is 2.30. The van der Waals surface area contributed by atoms with Gasteiger partial charge in [0, 0.05) is 6.61 Å². The fraction of sp³-hybridized carbons (Fsp3) is 0.875. The molecule has 0 bridgehead atoms. The maximum atomic E-state index is 12.1. The minimum Gasteiger partial charge on any atom is -0.352 e. The number of carbonyl (C=O) groups is 1. The van der Waals surface area contributed by atoms with Gasteiger partial charge in [-0.15, -0.1) is 0 Å². The summed E-state index contributed by atoms with van der Waals surface area (Å²) in [5.41, 5.74) is 0. The Labute approximate surface area is 79.2 Å². The van der Waals surface area contributed by atoms with E-state index in [1.54, 1.807) is 6.92 Å². The quantitative estimate of drug-likeness (QED) is 0.711. The van der Waals surface area contributed by atoms with Crippen molar-refractivity contribution in [2.45, 2.75) is 25.8 Å². The van der Waals surface area contributed by atoms with Gasteiger partial charge in [0.2, 0.25) is 5.78 Å². The number of Topliss-reactive ketones (excluding diaryl/α,β-unsaturated/α-hetero) is 1. The summed E-state index contributed by atoms with van der Waals surface area (Å²) in [4.78, 5) is 10.9. The first kappa shape index (κ1) is 11.5. The molecule has 2 atom stereocenters. The molecule has 6 heteroatoms. The average molecular weight is 212 g/mol. The molecule has 2 unspecified atom stereocenters. The van der Waals surface area contributed by atoms with E-state index in [4.69, 9.17) is 9.47 Å². The van der Waals surface area contributed by atoms with Gasteiger partial charge in [0.1, 0.15) is 0 Å². The first-order valence-corrected chi connectivity index (χ1v) is 4.31. The van der Waals surface area contributed by atoms with Crippen molar-refractivity contribution in [1.29, 1.82) is 0 Å². The van der Waals surface area contributed by atoms with E-state index in [2.05, 4.69) is 0 Å². The zero-order chi connectivity index (χ0) is 10.8. The summed E-state index contributed by atoms with van der Waals surface area (Å²) >= 11 is 0. The molecule has 0 aromatic carbocycles. The van der Waals surface area contributed by atoms with Crippen LogP contribution in [0.5, 0.6) is 0 Å². The normalized spacial score (nSPS) is 28.0. The van der Waals surface area contributed by atoms with Crippen LogP contribution in [0.1, 0.15) is 13.3 Å². The van der Waals surface area contributed by atoms with Crippen LogP contribution in [0.3, 0.4) is 0 Å². The SMILES string of the molecule is CCOC1OCCC1C(=O)C(F)(F)F. The van der Waals surface area contributed by atoms with E-state index >= 15 is 0 Å². The minimum atomic E-state index is -4.80. The van der Waals surface area contributed by atoms with Crippen molar-refractivity contribution in [3.8, 4) is 0 Å². The number of hydrogen-bond acceptors (Lipinski definition) is 3. The Morgan fingerprint density at radius 3 is 2.71 bits per heavy atom. The number of hydrogen-bond donors (Lipinski definition) is 0. The Hall–Kier alpha value is -0.620. The van der Waals surface area contributed by atoms with Crippen LogP contribution in [0.2, 0.25) is 0 Å². The first-order valence-electron chi connectivity index (χ1n) is 4.31. The number of alkyl halides is 3. The molecule has 82 valence electrons. The van der Waals surface area contributed by atoms with Crippen LogP contribution in [0.4, 0.5) is 13.2 Å². The largest absolute Gasteiger partial charge is 0.450 e. The molecular formula is C8H11F3O3. The maximum absolute atomic E-state index is 12.1. The summed E-state index contributed by atoms with van der Waals surface area (Å²) in [6, 6.07) is 0. The fourth-order valence-electron chi connectivity index (χ4n) is 1.36. The van der Waals surface area contributed by atoms with Gasteiger partial charge in [-0.05, 0) is 13.3 Å². The van der Waals surface area contributed by atoms with Crippen molar-refractivity contribution in [2.24, 2.45) is 5.92 Å². The molecule has 3 nitrogen and oxygen atoms in total. The summed E-state index contributed by atoms with van der Waals surface area (Å²) in [5.74, 6) is -2.96. The standard InChI is InChI=1S/C8H11F3O3/c1-2-13-7-5(3-4-14-7)6(12)8(9,10)11/h5,7H,2-4H2,1H3. The summed E-state index contributed by atoms with van der Waals surface area (Å²) in [5, 5.41) is 0. The average Bonchev–Trinajstić information content (AvgIpc) is 2.50. The third kappa shape index (κ3) is 2.45. The zero-order valence-corrected chi connectivity index (χ0v) is 7.63. The lowest BCUT2D eigenvalue weighted by Crippen LogP contribution is -2.36. The molecule has 14 heavy (non-hydrogen) atoms. The van der Waals surface area contributed by atoms with E-state index in [1.807, 2.05) is 0 Å². The van der Waals surface area contributed by atoms with Gasteiger partial charge in [-0.25, -0.2) is 0 Å². The lowest BCUT2D eigenvalue weighted by molar-refractivity contribution is -0.188. The highest BCUT2D eigenvalue weighted by atomic mass is 19.4. The van der Waals surface area contributed by atoms with Gasteiger partial charge in [0.15, 0.2) is 6.29 Å². The van der Waals surface area contributed by atoms with E-state index < -0.39 is 24.2 Å². The molecule has 1 fully saturated rings. The fourth-order valence-corrected chi connectivity index (χ4v) is 1.36. The third-order valence-electron chi connectivity index (χ3n) is 1.99. The first-order chi connectivity index (χ1) is 6.46. The van der Waals surface area contributed by atoms with Crippen LogP contribution >= 0.6 is 0 Å². The van der Waals surface area contributed by atoms with Crippen molar-refractivity contribution in [3.05, 3.63) is 0 Å². The Kier molecular flexibility index (Phi) is 3.49. The van der Waals surface area contributed by atoms with Gasteiger partial charge in [0.05, 0.1) is 12.5 Å². The van der Waals surface area contributed by atoms with Gasteiger partial charge < -0.3 is 9.47 Å². The lowest BCUT2D eigenvalue weighted by Gasteiger charge is -2.18. The van der Waals surface area contributed by atoms with Crippen molar-refractivity contribution in [2.75, 3.05) is 13.2 Å². The monoisotopic (exact) mass is 212 g/mol. The second-order valence-electron chi connectivity index (χ2n) is 2.95. The highest BCUT2D eigenvalue weighted by Gasteiger charge is 2.48. The van der Waals surface area contributed by atoms with E-state index in [0.717, 1.165) is 0 Å². The van der Waals surface area contributed by atoms with E-state index in [1.165, 1.54) is 0 Å². The van der Waals surface area contributed by atoms with Crippen molar-refractivity contribution < 1.29 is 27.4 Å². The molecule has 0 aliphatic carbocycles. The molecule has 1 heterocycles. The second kappa shape index (κ2) is 4.27. The van der Waals surface area contributed by atoms with Crippen LogP contribution in [-0.2, 0) is 14.3 Å². The molecule has 1 aliphatic rings. The van der Waals surface area contributed by atoms with Gasteiger partial charge in [-0.2, -0.15) is 13.2 Å². The molecule has 1 saturated heterocycles. The van der Waals surface area contributed by atoms with Crippen molar-refractivity contribution >= 4 is 5.78 Å². The summed E-state index contributed by atoms with van der Waals surface area (Å²) in [7, 11) is 0. The second-order valence-corrected chi connectivity index (χ2v) is 2.95. The van der Waals surface area contributed by atoms with Crippen LogP contribution < -0.4 is 0 Å². The minimum absolute atomic E-state index is 0.0724. The van der Waals surface area contributed by atoms with Crippen molar-refractivity contribution in [1.82, 2.24) is 0 Å². The van der Waals surface area contributed by atoms with E-state index in [-0.39, 0.29) is 19.6 Å². The van der Waals surface area contributed by atoms with Gasteiger partial charge >= 0.3 is 6.18 Å². The summed E-state index contributed by atoms with van der Waals surface area (Å²) in [6.45, 7) is 2.00. The Bertz CT molecular complexity index is 214. The predicted molar refractivity (Wildman–Crippen MR) is 40.5 cm³/mol. The van der Waals surface area contributed by atoms with Crippen molar-refractivity contribution in [3.63, 3.8) is 0 Å². The number of rotatable bonds is 3. The van der Waals surface area contributed by atoms with Gasteiger partial charge in [-0.3, -0.25) is 4.79 Å². The van der Waals surface area contributed by atoms with E-state index in [0.29, 0.717) is 0 Å². The predicted octanol–water partition coefficient (Wildman–Crippen LogP) is 1.52.